The van der Waals surface area contributed by atoms with Crippen molar-refractivity contribution in [2.24, 2.45) is 5.73 Å². The number of fused-ring (bicyclic) bond motifs is 1. The van der Waals surface area contributed by atoms with Crippen molar-refractivity contribution < 1.29 is 4.79 Å². The van der Waals surface area contributed by atoms with Crippen molar-refractivity contribution >= 4 is 5.91 Å². The van der Waals surface area contributed by atoms with E-state index in [0.29, 0.717) is 32.5 Å². The molecule has 8 nitrogen and oxygen atoms in total. The van der Waals surface area contributed by atoms with Crippen LogP contribution in [0.4, 0.5) is 0 Å². The summed E-state index contributed by atoms with van der Waals surface area (Å²) in [5, 5.41) is 4.65. The molecule has 0 aliphatic carbocycles. The van der Waals surface area contributed by atoms with Crippen LogP contribution in [0.3, 0.4) is 0 Å². The number of carbonyl (C=O) groups excluding carboxylic acids is 1. The minimum atomic E-state index is -0.569. The molecule has 0 fully saturated rings. The zero-order chi connectivity index (χ0) is 19.3. The first kappa shape index (κ1) is 18.4. The normalized spacial score (nSPS) is 15.1. The maximum atomic E-state index is 12.7. The van der Waals surface area contributed by atoms with Gasteiger partial charge in [0.15, 0.2) is 5.82 Å². The van der Waals surface area contributed by atoms with E-state index in [1.165, 1.54) is 5.56 Å². The quantitative estimate of drug-likeness (QED) is 0.657. The number of hydrogen-bond donors (Lipinski definition) is 2. The summed E-state index contributed by atoms with van der Waals surface area (Å²) in [7, 11) is 0. The maximum Gasteiger partial charge on any atom is 0.239 e. The Morgan fingerprint density at radius 3 is 2.82 bits per heavy atom. The van der Waals surface area contributed by atoms with Crippen molar-refractivity contribution in [1.82, 2.24) is 29.6 Å². The number of aromatic nitrogens is 5. The monoisotopic (exact) mass is 379 g/mol. The van der Waals surface area contributed by atoms with Gasteiger partial charge in [0.1, 0.15) is 5.82 Å². The Morgan fingerprint density at radius 2 is 2.04 bits per heavy atom. The molecule has 0 bridgehead atoms. The van der Waals surface area contributed by atoms with Gasteiger partial charge in [-0.15, -0.1) is 0 Å². The maximum absolute atomic E-state index is 12.7. The molecule has 0 saturated carbocycles. The van der Waals surface area contributed by atoms with Crippen LogP contribution < -0.4 is 5.73 Å². The summed E-state index contributed by atoms with van der Waals surface area (Å²) in [5.74, 6) is 1.78. The number of amides is 1. The average Bonchev–Trinajstić information content (AvgIpc) is 3.32. The van der Waals surface area contributed by atoms with E-state index in [1.54, 1.807) is 12.5 Å². The molecule has 2 aromatic heterocycles. The third-order valence-corrected chi connectivity index (χ3v) is 5.08. The highest BCUT2D eigenvalue weighted by Crippen LogP contribution is 2.11. The molecule has 3 heterocycles. The first-order valence-electron chi connectivity index (χ1n) is 9.67. The summed E-state index contributed by atoms with van der Waals surface area (Å²) in [5.41, 5.74) is 8.27. The smallest absolute Gasteiger partial charge is 0.239 e. The Labute approximate surface area is 163 Å². The lowest BCUT2D eigenvalue weighted by molar-refractivity contribution is -0.132. The summed E-state index contributed by atoms with van der Waals surface area (Å²) in [4.78, 5) is 26.2. The van der Waals surface area contributed by atoms with Crippen LogP contribution in [0.5, 0.6) is 0 Å². The van der Waals surface area contributed by atoms with Gasteiger partial charge in [-0.25, -0.2) is 14.6 Å². The van der Waals surface area contributed by atoms with Crippen LogP contribution in [0.1, 0.15) is 22.9 Å². The highest BCUT2D eigenvalue weighted by molar-refractivity contribution is 5.82. The van der Waals surface area contributed by atoms with E-state index in [9.17, 15) is 4.79 Å². The number of nitrogens with two attached hydrogens (primary N) is 1. The zero-order valence-corrected chi connectivity index (χ0v) is 15.8. The highest BCUT2D eigenvalue weighted by Gasteiger charge is 2.25. The van der Waals surface area contributed by atoms with Gasteiger partial charge in [0.05, 0.1) is 18.9 Å². The standard InChI is InChI=1S/C20H25N7O/c21-17(12-16-13-22-14-23-16)20(28)26-9-8-19-24-18(25-27(19)11-10-26)7-6-15-4-2-1-3-5-15/h1-5,13-14,17H,6-12,21H2,(H,22,23)/t17-/m0/s1. The summed E-state index contributed by atoms with van der Waals surface area (Å²) < 4.78 is 1.94. The van der Waals surface area contributed by atoms with Gasteiger partial charge in [-0.1, -0.05) is 30.3 Å². The average molecular weight is 379 g/mol. The van der Waals surface area contributed by atoms with Gasteiger partial charge in [0.2, 0.25) is 5.91 Å². The Balaban J connectivity index is 1.33. The second-order valence-corrected chi connectivity index (χ2v) is 7.12. The number of benzene rings is 1. The van der Waals surface area contributed by atoms with Crippen LogP contribution in [-0.4, -0.2) is 54.7 Å². The van der Waals surface area contributed by atoms with Gasteiger partial charge < -0.3 is 15.6 Å². The minimum absolute atomic E-state index is 0.0374. The third-order valence-electron chi connectivity index (χ3n) is 5.08. The number of rotatable bonds is 6. The molecule has 3 N–H and O–H groups in total. The SMILES string of the molecule is N[C@@H](Cc1cnc[nH]1)C(=O)N1CCc2nc(CCc3ccccc3)nn2CC1. The summed E-state index contributed by atoms with van der Waals surface area (Å²) >= 11 is 0. The predicted molar refractivity (Wildman–Crippen MR) is 104 cm³/mol. The molecule has 4 rings (SSSR count). The number of aryl methyl sites for hydroxylation is 2. The van der Waals surface area contributed by atoms with E-state index in [-0.39, 0.29) is 5.91 Å². The Hall–Kier alpha value is -3.00. The molecule has 1 aliphatic rings. The van der Waals surface area contributed by atoms with Gasteiger partial charge in [-0.2, -0.15) is 5.10 Å². The largest absolute Gasteiger partial charge is 0.348 e. The lowest BCUT2D eigenvalue weighted by Gasteiger charge is -2.23. The van der Waals surface area contributed by atoms with E-state index in [0.717, 1.165) is 30.2 Å². The Kier molecular flexibility index (Phi) is 5.48. The lowest BCUT2D eigenvalue weighted by atomic mass is 10.1. The molecule has 28 heavy (non-hydrogen) atoms. The lowest BCUT2D eigenvalue weighted by Crippen LogP contribution is -2.46. The van der Waals surface area contributed by atoms with E-state index >= 15 is 0 Å². The second-order valence-electron chi connectivity index (χ2n) is 7.12. The highest BCUT2D eigenvalue weighted by atomic mass is 16.2. The molecule has 1 aliphatic heterocycles. The molecule has 3 aromatic rings. The second kappa shape index (κ2) is 8.35. The number of aromatic amines is 1. The van der Waals surface area contributed by atoms with Crippen LogP contribution in [0.2, 0.25) is 0 Å². The molecular formula is C20H25N7O. The van der Waals surface area contributed by atoms with Crippen molar-refractivity contribution in [3.8, 4) is 0 Å². The van der Waals surface area contributed by atoms with Crippen LogP contribution in [0.15, 0.2) is 42.9 Å². The number of carbonyl (C=O) groups is 1. The van der Waals surface area contributed by atoms with Crippen molar-refractivity contribution in [1.29, 1.82) is 0 Å². The Bertz CT molecular complexity index is 879. The van der Waals surface area contributed by atoms with Crippen LogP contribution in [-0.2, 0) is 37.0 Å². The van der Waals surface area contributed by atoms with Crippen molar-refractivity contribution in [3.63, 3.8) is 0 Å². The fourth-order valence-corrected chi connectivity index (χ4v) is 3.53. The fraction of sp³-hybridized carbons (Fsp3) is 0.400. The van der Waals surface area contributed by atoms with Crippen LogP contribution >= 0.6 is 0 Å². The van der Waals surface area contributed by atoms with Crippen LogP contribution in [0, 0.1) is 0 Å². The first-order valence-corrected chi connectivity index (χ1v) is 9.67. The molecular weight excluding hydrogens is 354 g/mol. The number of hydrogen-bond acceptors (Lipinski definition) is 5. The molecule has 1 amide bonds. The van der Waals surface area contributed by atoms with Crippen molar-refractivity contribution in [3.05, 3.63) is 65.8 Å². The van der Waals surface area contributed by atoms with Gasteiger partial charge in [0.25, 0.3) is 0 Å². The fourth-order valence-electron chi connectivity index (χ4n) is 3.53. The number of nitrogens with one attached hydrogen (secondary N) is 1. The molecule has 0 spiro atoms. The van der Waals surface area contributed by atoms with E-state index in [2.05, 4.69) is 27.2 Å². The van der Waals surface area contributed by atoms with Gasteiger partial charge >= 0.3 is 0 Å². The molecule has 0 saturated heterocycles. The van der Waals surface area contributed by atoms with Crippen molar-refractivity contribution in [2.75, 3.05) is 13.1 Å². The molecule has 8 heteroatoms. The zero-order valence-electron chi connectivity index (χ0n) is 15.8. The first-order chi connectivity index (χ1) is 13.7. The summed E-state index contributed by atoms with van der Waals surface area (Å²) in [6.45, 7) is 1.87. The number of H-pyrrole nitrogens is 1. The van der Waals surface area contributed by atoms with Crippen LogP contribution in [0.25, 0.3) is 0 Å². The molecule has 146 valence electrons. The van der Waals surface area contributed by atoms with E-state index in [1.807, 2.05) is 27.8 Å². The van der Waals surface area contributed by atoms with E-state index in [4.69, 9.17) is 10.7 Å². The van der Waals surface area contributed by atoms with E-state index < -0.39 is 6.04 Å². The molecule has 0 unspecified atom stereocenters. The molecule has 1 atom stereocenters. The summed E-state index contributed by atoms with van der Waals surface area (Å²) in [6.07, 6.45) is 6.20. The topological polar surface area (TPSA) is 106 Å². The Morgan fingerprint density at radius 1 is 1.18 bits per heavy atom. The third kappa shape index (κ3) is 4.28. The van der Waals surface area contributed by atoms with Crippen molar-refractivity contribution in [2.45, 2.75) is 38.3 Å². The summed E-state index contributed by atoms with van der Waals surface area (Å²) in [6, 6.07) is 9.80. The van der Waals surface area contributed by atoms with Gasteiger partial charge in [-0.3, -0.25) is 4.79 Å². The molecule has 0 radical (unpaired) electrons. The number of nitrogens with zero attached hydrogens (tertiary/aromatic N) is 5. The minimum Gasteiger partial charge on any atom is -0.348 e. The predicted octanol–water partition coefficient (Wildman–Crippen LogP) is 0.741. The number of imidazole rings is 1. The van der Waals surface area contributed by atoms with Gasteiger partial charge in [0, 0.05) is 44.2 Å². The molecule has 1 aromatic carbocycles. The van der Waals surface area contributed by atoms with Gasteiger partial charge in [-0.05, 0) is 12.0 Å².